The molecule has 0 saturated carbocycles. The van der Waals surface area contributed by atoms with Crippen LogP contribution in [0, 0.1) is 11.3 Å². The molecule has 4 rings (SSSR count). The van der Waals surface area contributed by atoms with Crippen molar-refractivity contribution in [2.75, 3.05) is 18.1 Å². The Morgan fingerprint density at radius 3 is 1.80 bits per heavy atom. The third-order valence-electron chi connectivity index (χ3n) is 10.7. The standard InChI is InChI=1S/C49H60N4O8/c1-3-5-6-7-8-9-10-11-12-13-14-15-16-17-18-21-31-51-42-26-20-19-24-38(42)28-29-39-33-37(27-30-43(39)51)23-22-25-40-47(58)52(35-44(54)55)46(53(48(40)59)36-45(56)57)41(34-50)49(60)61-32-4-2/h4,19-20,22-30,33H,2-3,5-18,21,31-32,35-36H2,1H3,(H,54,55)(H,56,57)/b23-22+,40-25?,46-41?. The maximum absolute atomic E-state index is 13.7. The molecule has 12 heteroatoms. The van der Waals surface area contributed by atoms with E-state index in [4.69, 9.17) is 4.74 Å². The Morgan fingerprint density at radius 2 is 1.26 bits per heavy atom. The number of allylic oxidation sites excluding steroid dienone is 1. The van der Waals surface area contributed by atoms with Crippen molar-refractivity contribution < 1.29 is 29.3 Å². The molecular formula is C49H60N4O8. The topological polar surface area (TPSA) is 172 Å². The molecule has 2 heterocycles. The van der Waals surface area contributed by atoms with Gasteiger partial charge in [0.05, 0.1) is 0 Å². The number of aromatic nitrogens is 2. The smallest absolute Gasteiger partial charge is 0.353 e. The number of benzene rings is 2. The Labute approximate surface area is 358 Å². The summed E-state index contributed by atoms with van der Waals surface area (Å²) in [5.74, 6) is -4.36. The van der Waals surface area contributed by atoms with Crippen molar-refractivity contribution in [2.45, 2.75) is 123 Å². The predicted octanol–water partition coefficient (Wildman–Crippen LogP) is 7.96. The number of anilines is 2. The summed E-state index contributed by atoms with van der Waals surface area (Å²) in [5, 5.41) is 28.5. The molecule has 12 nitrogen and oxygen atoms in total. The van der Waals surface area contributed by atoms with E-state index in [-0.39, 0.29) is 6.61 Å². The van der Waals surface area contributed by atoms with E-state index in [0.717, 1.165) is 53.5 Å². The van der Waals surface area contributed by atoms with Crippen LogP contribution in [0.15, 0.2) is 70.8 Å². The molecule has 0 spiro atoms. The molecule has 61 heavy (non-hydrogen) atoms. The average molecular weight is 833 g/mol. The van der Waals surface area contributed by atoms with Crippen LogP contribution in [-0.4, -0.2) is 50.4 Å². The van der Waals surface area contributed by atoms with Crippen LogP contribution >= 0.6 is 0 Å². The third-order valence-corrected chi connectivity index (χ3v) is 10.7. The zero-order chi connectivity index (χ0) is 44.0. The number of hydrogen-bond donors (Lipinski definition) is 2. The van der Waals surface area contributed by atoms with E-state index < -0.39 is 58.4 Å². The SMILES string of the molecule is C=CCOC(=O)C(C#N)=c1n(CC(=O)O)c(=O)c(=C/C=C/c2ccc3c(c2)C=Cc2ccccc2N3CCCCCCCCCCCCCCCCCC)c(=O)n1CC(=O)O. The first-order valence-electron chi connectivity index (χ1n) is 21.7. The van der Waals surface area contributed by atoms with Crippen LogP contribution in [0.1, 0.15) is 126 Å². The van der Waals surface area contributed by atoms with Crippen LogP contribution in [0.2, 0.25) is 0 Å². The van der Waals surface area contributed by atoms with Gasteiger partial charge in [0.25, 0.3) is 11.1 Å². The van der Waals surface area contributed by atoms with Crippen molar-refractivity contribution in [1.29, 1.82) is 5.26 Å². The lowest BCUT2D eigenvalue weighted by molar-refractivity contribution is -0.138. The third kappa shape index (κ3) is 14.2. The van der Waals surface area contributed by atoms with E-state index in [1.165, 1.54) is 108 Å². The molecule has 0 bridgehead atoms. The second-order valence-corrected chi connectivity index (χ2v) is 15.4. The first-order valence-corrected chi connectivity index (χ1v) is 21.7. The van der Waals surface area contributed by atoms with Gasteiger partial charge in [-0.25, -0.2) is 4.79 Å². The number of carboxylic acids is 2. The molecule has 2 aromatic carbocycles. The fourth-order valence-corrected chi connectivity index (χ4v) is 7.64. The van der Waals surface area contributed by atoms with Gasteiger partial charge in [-0.15, -0.1) is 0 Å². The number of nitrogens with zero attached hydrogens (tertiary/aromatic N) is 4. The summed E-state index contributed by atoms with van der Waals surface area (Å²) in [5.41, 5.74) is 1.01. The van der Waals surface area contributed by atoms with Gasteiger partial charge in [0.2, 0.25) is 0 Å². The van der Waals surface area contributed by atoms with Crippen LogP contribution in [0.4, 0.5) is 11.4 Å². The van der Waals surface area contributed by atoms with E-state index in [1.54, 1.807) is 6.08 Å². The number of rotatable bonds is 26. The molecule has 0 unspecified atom stereocenters. The number of para-hydroxylation sites is 1. The van der Waals surface area contributed by atoms with Crippen LogP contribution in [0.25, 0.3) is 29.9 Å². The first-order chi connectivity index (χ1) is 29.6. The molecule has 0 saturated heterocycles. The van der Waals surface area contributed by atoms with Crippen molar-refractivity contribution in [3.63, 3.8) is 0 Å². The minimum Gasteiger partial charge on any atom is -0.480 e. The van der Waals surface area contributed by atoms with Crippen molar-refractivity contribution in [3.8, 4) is 6.07 Å². The summed E-state index contributed by atoms with van der Waals surface area (Å²) in [6.07, 6.45) is 30.6. The van der Waals surface area contributed by atoms with E-state index >= 15 is 0 Å². The molecule has 1 aliphatic heterocycles. The summed E-state index contributed by atoms with van der Waals surface area (Å²) in [4.78, 5) is 66.2. The molecule has 0 aliphatic carbocycles. The second kappa shape index (κ2) is 25.4. The van der Waals surface area contributed by atoms with Gasteiger partial charge < -0.3 is 19.8 Å². The highest BCUT2D eigenvalue weighted by Gasteiger charge is 2.22. The number of carbonyl (C=O) groups excluding carboxylic acids is 1. The van der Waals surface area contributed by atoms with Crippen molar-refractivity contribution >= 4 is 59.2 Å². The molecular weight excluding hydrogens is 773 g/mol. The molecule has 0 atom stereocenters. The second-order valence-electron chi connectivity index (χ2n) is 15.4. The summed E-state index contributed by atoms with van der Waals surface area (Å²) in [6, 6.07) is 15.8. The molecule has 324 valence electrons. The largest absolute Gasteiger partial charge is 0.480 e. The van der Waals surface area contributed by atoms with Gasteiger partial charge in [0.1, 0.15) is 36.5 Å². The molecule has 1 aliphatic rings. The van der Waals surface area contributed by atoms with Gasteiger partial charge in [0, 0.05) is 17.9 Å². The maximum atomic E-state index is 13.7. The first kappa shape index (κ1) is 47.5. The Morgan fingerprint density at radius 1 is 0.738 bits per heavy atom. The molecule has 0 amide bonds. The number of unbranched alkanes of at least 4 members (excludes halogenated alkanes) is 15. The molecule has 2 N–H and O–H groups in total. The number of fused-ring (bicyclic) bond motifs is 2. The summed E-state index contributed by atoms with van der Waals surface area (Å²) in [6.45, 7) is 4.05. The minimum absolute atomic E-state index is 0.337. The summed E-state index contributed by atoms with van der Waals surface area (Å²) >= 11 is 0. The molecule has 0 radical (unpaired) electrons. The maximum Gasteiger partial charge on any atom is 0.353 e. The molecule has 0 fully saturated rings. The lowest BCUT2D eigenvalue weighted by Gasteiger charge is -2.27. The summed E-state index contributed by atoms with van der Waals surface area (Å²) in [7, 11) is 0. The average Bonchev–Trinajstić information content (AvgIpc) is 3.40. The van der Waals surface area contributed by atoms with Crippen LogP contribution in [0.3, 0.4) is 0 Å². The van der Waals surface area contributed by atoms with Crippen LogP contribution in [-0.2, 0) is 32.2 Å². The normalized spacial score (nSPS) is 11.7. The summed E-state index contributed by atoms with van der Waals surface area (Å²) < 4.78 is 5.93. The number of hydrogen-bond acceptors (Lipinski definition) is 8. The fourth-order valence-electron chi connectivity index (χ4n) is 7.64. The highest BCUT2D eigenvalue weighted by atomic mass is 16.5. The number of esters is 1. The highest BCUT2D eigenvalue weighted by Crippen LogP contribution is 2.37. The Hall–Kier alpha value is -6.22. The van der Waals surface area contributed by atoms with Gasteiger partial charge in [-0.2, -0.15) is 5.26 Å². The zero-order valence-electron chi connectivity index (χ0n) is 35.5. The van der Waals surface area contributed by atoms with E-state index in [2.05, 4.69) is 42.7 Å². The van der Waals surface area contributed by atoms with Crippen LogP contribution < -0.4 is 26.7 Å². The van der Waals surface area contributed by atoms with Crippen molar-refractivity contribution in [2.24, 2.45) is 0 Å². The fraction of sp³-hybridized carbons (Fsp3) is 0.429. The Balaban J connectivity index is 1.50. The number of nitriles is 1. The van der Waals surface area contributed by atoms with Gasteiger partial charge in [-0.05, 0) is 47.4 Å². The predicted molar refractivity (Wildman–Crippen MR) is 242 cm³/mol. The van der Waals surface area contributed by atoms with E-state index in [9.17, 15) is 39.4 Å². The van der Waals surface area contributed by atoms with Gasteiger partial charge in [-0.1, -0.05) is 164 Å². The molecule has 1 aromatic heterocycles. The van der Waals surface area contributed by atoms with E-state index in [0.29, 0.717) is 9.13 Å². The van der Waals surface area contributed by atoms with E-state index in [1.807, 2.05) is 30.3 Å². The minimum atomic E-state index is -1.54. The number of carbonyl (C=O) groups is 3. The van der Waals surface area contributed by atoms with Crippen molar-refractivity contribution in [3.05, 3.63) is 109 Å². The quantitative estimate of drug-likeness (QED) is 0.0459. The van der Waals surface area contributed by atoms with Crippen molar-refractivity contribution in [1.82, 2.24) is 9.13 Å². The monoisotopic (exact) mass is 832 g/mol. The zero-order valence-corrected chi connectivity index (χ0v) is 35.5. The highest BCUT2D eigenvalue weighted by molar-refractivity contribution is 6.15. The number of ether oxygens (including phenoxy) is 1. The number of carboxylic acid groups (broad SMARTS) is 2. The Bertz CT molecular complexity index is 2290. The van der Waals surface area contributed by atoms with Crippen LogP contribution in [0.5, 0.6) is 0 Å². The van der Waals surface area contributed by atoms with Gasteiger partial charge in [0.15, 0.2) is 5.57 Å². The van der Waals surface area contributed by atoms with Gasteiger partial charge in [-0.3, -0.25) is 28.3 Å². The lowest BCUT2D eigenvalue weighted by Crippen LogP contribution is -2.60. The lowest BCUT2D eigenvalue weighted by atomic mass is 10.0. The number of aliphatic carboxylic acids is 2. The van der Waals surface area contributed by atoms with Gasteiger partial charge >= 0.3 is 17.9 Å². The molecule has 3 aromatic rings. The Kier molecular flexibility index (Phi) is 19.8.